The lowest BCUT2D eigenvalue weighted by molar-refractivity contribution is -0.140. The van der Waals surface area contributed by atoms with Crippen molar-refractivity contribution in [3.8, 4) is 0 Å². The van der Waals surface area contributed by atoms with Gasteiger partial charge in [0.15, 0.2) is 0 Å². The number of halogens is 4. The first-order chi connectivity index (χ1) is 12.5. The van der Waals surface area contributed by atoms with Crippen molar-refractivity contribution in [3.63, 3.8) is 0 Å². The molecule has 0 amide bonds. The van der Waals surface area contributed by atoms with E-state index in [1.165, 1.54) is 23.0 Å². The molecule has 27 heavy (non-hydrogen) atoms. The Hall–Kier alpha value is -2.91. The fourth-order valence-electron chi connectivity index (χ4n) is 2.82. The van der Waals surface area contributed by atoms with Gasteiger partial charge in [0.05, 0.1) is 11.6 Å². The number of nitrogens with zero attached hydrogens (tertiary/aromatic N) is 4. The van der Waals surface area contributed by atoms with Crippen LogP contribution in [0.15, 0.2) is 30.6 Å². The lowest BCUT2D eigenvalue weighted by Gasteiger charge is -2.33. The summed E-state index contributed by atoms with van der Waals surface area (Å²) in [5, 5.41) is 7.24. The van der Waals surface area contributed by atoms with Crippen LogP contribution in [0.4, 0.5) is 29.2 Å². The fraction of sp³-hybridized carbons (Fsp3) is 0.353. The van der Waals surface area contributed by atoms with E-state index in [-0.39, 0.29) is 11.6 Å². The number of alkyl halides is 3. The van der Waals surface area contributed by atoms with Crippen LogP contribution in [-0.4, -0.2) is 19.6 Å². The van der Waals surface area contributed by atoms with Gasteiger partial charge in [-0.2, -0.15) is 32.8 Å². The van der Waals surface area contributed by atoms with Crippen molar-refractivity contribution in [2.24, 2.45) is 5.41 Å². The number of nitrogen functional groups attached to an aromatic ring is 1. The summed E-state index contributed by atoms with van der Waals surface area (Å²) in [7, 11) is 0. The molecule has 0 saturated carbocycles. The first-order valence-electron chi connectivity index (χ1n) is 8.06. The number of nitrogens with two attached hydrogens (primary N) is 1. The number of aromatic nitrogens is 4. The number of rotatable bonds is 3. The van der Waals surface area contributed by atoms with Crippen molar-refractivity contribution in [1.82, 2.24) is 19.6 Å². The van der Waals surface area contributed by atoms with Gasteiger partial charge in [-0.3, -0.25) is 0 Å². The number of hydrogen-bond donors (Lipinski definition) is 2. The Balaban J connectivity index is 2.05. The predicted molar refractivity (Wildman–Crippen MR) is 92.4 cm³/mol. The molecule has 0 fully saturated rings. The van der Waals surface area contributed by atoms with E-state index in [4.69, 9.17) is 5.73 Å². The van der Waals surface area contributed by atoms with Gasteiger partial charge < -0.3 is 11.1 Å². The molecule has 2 aromatic heterocycles. The lowest BCUT2D eigenvalue weighted by atomic mass is 9.82. The molecule has 10 heteroatoms. The lowest BCUT2D eigenvalue weighted by Crippen LogP contribution is -2.27. The molecule has 6 nitrogen and oxygen atoms in total. The normalized spacial score (nSPS) is 13.7. The largest absolute Gasteiger partial charge is 0.419 e. The summed E-state index contributed by atoms with van der Waals surface area (Å²) in [6.07, 6.45) is -3.45. The number of nitrogens with one attached hydrogen (secondary N) is 1. The van der Waals surface area contributed by atoms with Gasteiger partial charge in [-0.05, 0) is 23.1 Å². The molecule has 2 heterocycles. The maximum Gasteiger partial charge on any atom is 0.419 e. The molecule has 3 rings (SSSR count). The predicted octanol–water partition coefficient (Wildman–Crippen LogP) is 4.06. The second-order valence-corrected chi connectivity index (χ2v) is 7.22. The first kappa shape index (κ1) is 18.9. The highest BCUT2D eigenvalue weighted by atomic mass is 19.4. The van der Waals surface area contributed by atoms with Gasteiger partial charge in [0.25, 0.3) is 5.78 Å². The van der Waals surface area contributed by atoms with Gasteiger partial charge in [0.1, 0.15) is 23.8 Å². The van der Waals surface area contributed by atoms with E-state index in [2.05, 4.69) is 20.4 Å². The smallest absolute Gasteiger partial charge is 0.383 e. The highest BCUT2D eigenvalue weighted by molar-refractivity contribution is 5.53. The van der Waals surface area contributed by atoms with Crippen LogP contribution < -0.4 is 11.1 Å². The minimum absolute atomic E-state index is 0.198. The molecule has 0 saturated heterocycles. The van der Waals surface area contributed by atoms with Crippen molar-refractivity contribution in [1.29, 1.82) is 0 Å². The number of hydrogen-bond acceptors (Lipinski definition) is 5. The van der Waals surface area contributed by atoms with Crippen molar-refractivity contribution < 1.29 is 17.6 Å². The number of benzene rings is 1. The van der Waals surface area contributed by atoms with E-state index < -0.39 is 29.0 Å². The second-order valence-electron chi connectivity index (χ2n) is 7.22. The van der Waals surface area contributed by atoms with Gasteiger partial charge in [-0.25, -0.2) is 4.39 Å². The SMILES string of the molecule is CC(C)(C)[C@@H](Nc1cc(N)nc2ncnn12)c1ccc(C(F)(F)F)c(F)c1. The van der Waals surface area contributed by atoms with E-state index in [0.29, 0.717) is 11.4 Å². The van der Waals surface area contributed by atoms with Gasteiger partial charge in [0, 0.05) is 6.07 Å². The monoisotopic (exact) mass is 382 g/mol. The van der Waals surface area contributed by atoms with Crippen molar-refractivity contribution >= 4 is 17.4 Å². The third kappa shape index (κ3) is 3.79. The van der Waals surface area contributed by atoms with Gasteiger partial charge >= 0.3 is 6.18 Å². The molecule has 1 atom stereocenters. The average Bonchev–Trinajstić information content (AvgIpc) is 2.98. The zero-order valence-electron chi connectivity index (χ0n) is 14.8. The average molecular weight is 382 g/mol. The number of fused-ring (bicyclic) bond motifs is 1. The Labute approximate surface area is 152 Å². The van der Waals surface area contributed by atoms with Crippen LogP contribution in [0, 0.1) is 11.2 Å². The minimum Gasteiger partial charge on any atom is -0.383 e. The van der Waals surface area contributed by atoms with Crippen molar-refractivity contribution in [2.75, 3.05) is 11.1 Å². The van der Waals surface area contributed by atoms with E-state index in [1.54, 1.807) is 0 Å². The second kappa shape index (κ2) is 6.36. The molecule has 0 spiro atoms. The van der Waals surface area contributed by atoms with Gasteiger partial charge in [0.2, 0.25) is 0 Å². The van der Waals surface area contributed by atoms with Crippen LogP contribution in [0.2, 0.25) is 0 Å². The topological polar surface area (TPSA) is 81.1 Å². The summed E-state index contributed by atoms with van der Waals surface area (Å²) < 4.78 is 54.1. The molecule has 0 radical (unpaired) electrons. The molecule has 3 aromatic rings. The summed E-state index contributed by atoms with van der Waals surface area (Å²) >= 11 is 0. The zero-order chi connectivity index (χ0) is 20.0. The van der Waals surface area contributed by atoms with Crippen LogP contribution in [0.25, 0.3) is 5.78 Å². The standard InChI is InChI=1S/C17H18F4N6/c1-16(2,3)14(9-4-5-10(11(18)6-9)17(19,20)21)26-13-7-12(22)25-15-23-8-24-27(13)15/h4-8,14,26H,1-3H3,(H2,22,23,24,25)/t14-/m0/s1. The van der Waals surface area contributed by atoms with E-state index in [9.17, 15) is 17.6 Å². The summed E-state index contributed by atoms with van der Waals surface area (Å²) in [5.41, 5.74) is 4.36. The Morgan fingerprint density at radius 2 is 1.85 bits per heavy atom. The maximum absolute atomic E-state index is 14.1. The molecule has 3 N–H and O–H groups in total. The maximum atomic E-state index is 14.1. The van der Waals surface area contributed by atoms with Crippen LogP contribution in [0.3, 0.4) is 0 Å². The highest BCUT2D eigenvalue weighted by Gasteiger charge is 2.35. The number of anilines is 2. The van der Waals surface area contributed by atoms with Crippen LogP contribution >= 0.6 is 0 Å². The molecule has 0 aliphatic heterocycles. The minimum atomic E-state index is -4.75. The quantitative estimate of drug-likeness (QED) is 0.668. The third-order valence-corrected chi connectivity index (χ3v) is 4.06. The Morgan fingerprint density at radius 3 is 2.44 bits per heavy atom. The molecule has 0 aliphatic carbocycles. The fourth-order valence-corrected chi connectivity index (χ4v) is 2.82. The summed E-state index contributed by atoms with van der Waals surface area (Å²) in [6.45, 7) is 5.63. The Morgan fingerprint density at radius 1 is 1.15 bits per heavy atom. The van der Waals surface area contributed by atoms with Crippen LogP contribution in [0.1, 0.15) is 37.9 Å². The van der Waals surface area contributed by atoms with Crippen molar-refractivity contribution in [2.45, 2.75) is 33.0 Å². The Kier molecular flexibility index (Phi) is 4.44. The molecule has 0 aliphatic rings. The van der Waals surface area contributed by atoms with Gasteiger partial charge in [-0.1, -0.05) is 26.8 Å². The molecular weight excluding hydrogens is 364 g/mol. The Bertz CT molecular complexity index is 974. The molecular formula is C17H18F4N6. The summed E-state index contributed by atoms with van der Waals surface area (Å²) in [4.78, 5) is 8.00. The zero-order valence-corrected chi connectivity index (χ0v) is 14.8. The van der Waals surface area contributed by atoms with E-state index >= 15 is 0 Å². The molecule has 1 aromatic carbocycles. The van der Waals surface area contributed by atoms with Crippen LogP contribution in [0.5, 0.6) is 0 Å². The third-order valence-electron chi connectivity index (χ3n) is 4.06. The van der Waals surface area contributed by atoms with E-state index in [1.807, 2.05) is 20.8 Å². The molecule has 0 bridgehead atoms. The first-order valence-corrected chi connectivity index (χ1v) is 8.06. The van der Waals surface area contributed by atoms with Gasteiger partial charge in [-0.15, -0.1) is 0 Å². The molecule has 0 unspecified atom stereocenters. The molecule has 144 valence electrons. The van der Waals surface area contributed by atoms with Crippen molar-refractivity contribution in [3.05, 3.63) is 47.5 Å². The highest BCUT2D eigenvalue weighted by Crippen LogP contribution is 2.38. The summed E-state index contributed by atoms with van der Waals surface area (Å²) in [6, 6.07) is 3.90. The van der Waals surface area contributed by atoms with Crippen LogP contribution in [-0.2, 0) is 6.18 Å². The summed E-state index contributed by atoms with van der Waals surface area (Å²) in [5.74, 6) is -0.417. The van der Waals surface area contributed by atoms with E-state index in [0.717, 1.165) is 12.1 Å².